The van der Waals surface area contributed by atoms with Crippen molar-refractivity contribution < 1.29 is 14.7 Å². The van der Waals surface area contributed by atoms with Crippen molar-refractivity contribution in [2.75, 3.05) is 6.54 Å². The van der Waals surface area contributed by atoms with Crippen LogP contribution in [0.2, 0.25) is 0 Å². The molecule has 0 unspecified atom stereocenters. The van der Waals surface area contributed by atoms with Crippen LogP contribution in [0.5, 0.6) is 0 Å². The summed E-state index contributed by atoms with van der Waals surface area (Å²) < 4.78 is 0. The lowest BCUT2D eigenvalue weighted by Crippen LogP contribution is -2.34. The Bertz CT molecular complexity index is 455. The molecule has 0 radical (unpaired) electrons. The van der Waals surface area contributed by atoms with Gasteiger partial charge in [0.1, 0.15) is 0 Å². The maximum absolute atomic E-state index is 11.5. The number of hydrogen-bond acceptors (Lipinski definition) is 3. The third kappa shape index (κ3) is 3.85. The van der Waals surface area contributed by atoms with Gasteiger partial charge in [-0.1, -0.05) is 12.1 Å². The van der Waals surface area contributed by atoms with Gasteiger partial charge in [-0.25, -0.2) is 4.79 Å². The number of amides is 1. The molecule has 18 heavy (non-hydrogen) atoms. The first-order valence-corrected chi connectivity index (χ1v) is 5.97. The molecule has 0 aromatic heterocycles. The minimum absolute atomic E-state index is 0.0670. The highest BCUT2D eigenvalue weighted by Crippen LogP contribution is 2.17. The first-order chi connectivity index (χ1) is 8.65. The van der Waals surface area contributed by atoms with Gasteiger partial charge < -0.3 is 15.7 Å². The van der Waals surface area contributed by atoms with Crippen molar-refractivity contribution in [2.45, 2.75) is 25.4 Å². The van der Waals surface area contributed by atoms with Crippen molar-refractivity contribution in [2.24, 2.45) is 0 Å². The summed E-state index contributed by atoms with van der Waals surface area (Å²) in [6, 6.07) is 7.07. The predicted molar refractivity (Wildman–Crippen MR) is 66.3 cm³/mol. The van der Waals surface area contributed by atoms with Crippen molar-refractivity contribution >= 4 is 11.9 Å². The van der Waals surface area contributed by atoms with E-state index in [9.17, 15) is 9.59 Å². The summed E-state index contributed by atoms with van der Waals surface area (Å²) >= 11 is 0. The average molecular weight is 248 g/mol. The Morgan fingerprint density at radius 1 is 1.33 bits per heavy atom. The quantitative estimate of drug-likeness (QED) is 0.694. The zero-order valence-electron chi connectivity index (χ0n) is 9.98. The van der Waals surface area contributed by atoms with Crippen molar-refractivity contribution in [3.63, 3.8) is 0 Å². The molecule has 0 aliphatic heterocycles. The Morgan fingerprint density at radius 3 is 2.78 bits per heavy atom. The van der Waals surface area contributed by atoms with Crippen LogP contribution in [0, 0.1) is 0 Å². The van der Waals surface area contributed by atoms with Crippen LogP contribution in [0.15, 0.2) is 24.3 Å². The van der Waals surface area contributed by atoms with Gasteiger partial charge in [0.25, 0.3) is 0 Å². The summed E-state index contributed by atoms with van der Waals surface area (Å²) in [5.74, 6) is -1.03. The maximum Gasteiger partial charge on any atom is 0.335 e. The number of carboxylic acids is 1. The van der Waals surface area contributed by atoms with Gasteiger partial charge >= 0.3 is 5.97 Å². The van der Waals surface area contributed by atoms with Crippen LogP contribution >= 0.6 is 0 Å². The summed E-state index contributed by atoms with van der Waals surface area (Å²) in [4.78, 5) is 22.3. The molecule has 1 saturated carbocycles. The Balaban J connectivity index is 1.79. The SMILES string of the molecule is O=C(CNC1CC1)NCc1cccc(C(=O)O)c1. The van der Waals surface area contributed by atoms with E-state index >= 15 is 0 Å². The molecule has 1 fully saturated rings. The lowest BCUT2D eigenvalue weighted by Gasteiger charge is -2.06. The molecule has 0 bridgehead atoms. The molecule has 1 aliphatic rings. The van der Waals surface area contributed by atoms with Crippen molar-refractivity contribution in [1.29, 1.82) is 0 Å². The van der Waals surface area contributed by atoms with E-state index in [1.165, 1.54) is 6.07 Å². The number of hydrogen-bond donors (Lipinski definition) is 3. The lowest BCUT2D eigenvalue weighted by atomic mass is 10.1. The summed E-state index contributed by atoms with van der Waals surface area (Å²) in [6.07, 6.45) is 2.29. The highest BCUT2D eigenvalue weighted by molar-refractivity contribution is 5.87. The summed E-state index contributed by atoms with van der Waals surface area (Å²) in [6.45, 7) is 0.676. The zero-order chi connectivity index (χ0) is 13.0. The molecule has 0 saturated heterocycles. The van der Waals surface area contributed by atoms with Crippen LogP contribution in [0.4, 0.5) is 0 Å². The smallest absolute Gasteiger partial charge is 0.335 e. The maximum atomic E-state index is 11.5. The largest absolute Gasteiger partial charge is 0.478 e. The van der Waals surface area contributed by atoms with Crippen LogP contribution in [0.1, 0.15) is 28.8 Å². The molecule has 1 amide bonds. The molecule has 1 aromatic carbocycles. The molecule has 5 nitrogen and oxygen atoms in total. The molecule has 3 N–H and O–H groups in total. The number of carbonyl (C=O) groups excluding carboxylic acids is 1. The monoisotopic (exact) mass is 248 g/mol. The second-order valence-corrected chi connectivity index (χ2v) is 4.44. The predicted octanol–water partition coefficient (Wildman–Crippen LogP) is 0.753. The number of aromatic carboxylic acids is 1. The summed E-state index contributed by atoms with van der Waals surface area (Å²) in [7, 11) is 0. The summed E-state index contributed by atoms with van der Waals surface area (Å²) in [5.41, 5.74) is 1.02. The first kappa shape index (κ1) is 12.6. The van der Waals surface area contributed by atoms with Crippen LogP contribution in [-0.2, 0) is 11.3 Å². The van der Waals surface area contributed by atoms with E-state index in [0.717, 1.165) is 18.4 Å². The van der Waals surface area contributed by atoms with E-state index in [0.29, 0.717) is 19.1 Å². The molecule has 2 rings (SSSR count). The van der Waals surface area contributed by atoms with Gasteiger partial charge in [-0.05, 0) is 30.5 Å². The third-order valence-electron chi connectivity index (χ3n) is 2.79. The molecule has 0 heterocycles. The number of nitrogens with one attached hydrogen (secondary N) is 2. The van der Waals surface area contributed by atoms with Gasteiger partial charge in [0, 0.05) is 12.6 Å². The van der Waals surface area contributed by atoms with Crippen LogP contribution in [0.25, 0.3) is 0 Å². The van der Waals surface area contributed by atoms with Gasteiger partial charge in [-0.15, -0.1) is 0 Å². The van der Waals surface area contributed by atoms with Crippen LogP contribution in [-0.4, -0.2) is 29.6 Å². The first-order valence-electron chi connectivity index (χ1n) is 5.97. The van der Waals surface area contributed by atoms with E-state index in [-0.39, 0.29) is 11.5 Å². The van der Waals surface area contributed by atoms with E-state index in [4.69, 9.17) is 5.11 Å². The van der Waals surface area contributed by atoms with Gasteiger partial charge in [-0.3, -0.25) is 4.79 Å². The van der Waals surface area contributed by atoms with Crippen molar-refractivity contribution in [3.8, 4) is 0 Å². The zero-order valence-corrected chi connectivity index (χ0v) is 9.98. The van der Waals surface area contributed by atoms with E-state index in [2.05, 4.69) is 10.6 Å². The highest BCUT2D eigenvalue weighted by Gasteiger charge is 2.20. The standard InChI is InChI=1S/C13H16N2O3/c16-12(8-14-11-4-5-11)15-7-9-2-1-3-10(6-9)13(17)18/h1-3,6,11,14H,4-5,7-8H2,(H,15,16)(H,17,18). The Labute approximate surface area is 105 Å². The van der Waals surface area contributed by atoms with Gasteiger partial charge in [-0.2, -0.15) is 0 Å². The average Bonchev–Trinajstić information content (AvgIpc) is 3.18. The number of carboxylic acid groups (broad SMARTS) is 1. The summed E-state index contributed by atoms with van der Waals surface area (Å²) in [5, 5.41) is 14.7. The molecule has 1 aliphatic carbocycles. The minimum Gasteiger partial charge on any atom is -0.478 e. The Kier molecular flexibility index (Phi) is 3.94. The minimum atomic E-state index is -0.960. The highest BCUT2D eigenvalue weighted by atomic mass is 16.4. The fourth-order valence-corrected chi connectivity index (χ4v) is 1.60. The molecule has 0 spiro atoms. The molecular formula is C13H16N2O3. The number of carbonyl (C=O) groups is 2. The second kappa shape index (κ2) is 5.64. The molecule has 96 valence electrons. The van der Waals surface area contributed by atoms with Gasteiger partial charge in [0.2, 0.25) is 5.91 Å². The molecule has 0 atom stereocenters. The Morgan fingerprint density at radius 2 is 2.11 bits per heavy atom. The van der Waals surface area contributed by atoms with Crippen molar-refractivity contribution in [1.82, 2.24) is 10.6 Å². The molecular weight excluding hydrogens is 232 g/mol. The Hall–Kier alpha value is -1.88. The number of benzene rings is 1. The molecule has 1 aromatic rings. The number of rotatable bonds is 6. The van der Waals surface area contributed by atoms with Gasteiger partial charge in [0.15, 0.2) is 0 Å². The lowest BCUT2D eigenvalue weighted by molar-refractivity contribution is -0.120. The fourth-order valence-electron chi connectivity index (χ4n) is 1.60. The second-order valence-electron chi connectivity index (χ2n) is 4.44. The van der Waals surface area contributed by atoms with E-state index < -0.39 is 5.97 Å². The third-order valence-corrected chi connectivity index (χ3v) is 2.79. The fraction of sp³-hybridized carbons (Fsp3) is 0.385. The van der Waals surface area contributed by atoms with E-state index in [1.807, 2.05) is 0 Å². The topological polar surface area (TPSA) is 78.4 Å². The van der Waals surface area contributed by atoms with Crippen molar-refractivity contribution in [3.05, 3.63) is 35.4 Å². The van der Waals surface area contributed by atoms with Crippen LogP contribution < -0.4 is 10.6 Å². The van der Waals surface area contributed by atoms with E-state index in [1.54, 1.807) is 18.2 Å². The normalized spacial score (nSPS) is 14.2. The van der Waals surface area contributed by atoms with Crippen LogP contribution in [0.3, 0.4) is 0 Å². The van der Waals surface area contributed by atoms with Gasteiger partial charge in [0.05, 0.1) is 12.1 Å². The molecule has 5 heteroatoms.